The molecule has 1 aromatic rings. The molecule has 0 amide bonds. The van der Waals surface area contributed by atoms with Crippen LogP contribution in [0.15, 0.2) is 12.5 Å². The third-order valence-electron chi connectivity index (χ3n) is 2.45. The second-order valence-corrected chi connectivity index (χ2v) is 3.64. The highest BCUT2D eigenvalue weighted by atomic mass is 19.1. The second-order valence-electron chi connectivity index (χ2n) is 3.64. The van der Waals surface area contributed by atoms with Gasteiger partial charge in [-0.25, -0.2) is 14.2 Å². The van der Waals surface area contributed by atoms with E-state index in [1.165, 1.54) is 12.5 Å². The molecule has 1 aliphatic rings. The number of rotatable bonds is 4. The average molecular weight is 214 g/mol. The number of carboxylic acids is 1. The maximum absolute atomic E-state index is 13.1. The van der Waals surface area contributed by atoms with Gasteiger partial charge in [-0.1, -0.05) is 0 Å². The lowest BCUT2D eigenvalue weighted by Crippen LogP contribution is -2.25. The minimum Gasteiger partial charge on any atom is -0.479 e. The van der Waals surface area contributed by atoms with Crippen molar-refractivity contribution < 1.29 is 19.4 Å². The highest BCUT2D eigenvalue weighted by Crippen LogP contribution is 2.37. The first-order valence-corrected chi connectivity index (χ1v) is 4.68. The summed E-state index contributed by atoms with van der Waals surface area (Å²) in [6.07, 6.45) is 0.758. The van der Waals surface area contributed by atoms with E-state index in [1.807, 2.05) is 0 Å². The standard InChI is InChI=1S/C9H11FN2O3/c10-7(9(14)15)8(13)6-3-11-4-12(6)5-1-2-5/h3-5,7-8,13H,1-2H2,(H,14,15). The van der Waals surface area contributed by atoms with Crippen LogP contribution in [0.3, 0.4) is 0 Å². The SMILES string of the molecule is O=C(O)C(F)C(O)c1cncn1C1CC1. The maximum atomic E-state index is 13.1. The molecule has 1 heterocycles. The number of aliphatic carboxylic acids is 1. The van der Waals surface area contributed by atoms with Crippen LogP contribution in [0.5, 0.6) is 0 Å². The molecular formula is C9H11FN2O3. The van der Waals surface area contributed by atoms with Gasteiger partial charge in [0.15, 0.2) is 0 Å². The number of aliphatic hydroxyl groups is 1. The fourth-order valence-electron chi connectivity index (χ4n) is 1.49. The molecule has 1 fully saturated rings. The number of halogens is 1. The van der Waals surface area contributed by atoms with Gasteiger partial charge in [-0.2, -0.15) is 0 Å². The summed E-state index contributed by atoms with van der Waals surface area (Å²) in [7, 11) is 0. The molecule has 0 spiro atoms. The lowest BCUT2D eigenvalue weighted by molar-refractivity contribution is -0.147. The minimum atomic E-state index is -2.31. The third kappa shape index (κ3) is 1.85. The second kappa shape index (κ2) is 3.62. The zero-order chi connectivity index (χ0) is 11.0. The Bertz CT molecular complexity index is 375. The van der Waals surface area contributed by atoms with E-state index < -0.39 is 18.2 Å². The molecule has 82 valence electrons. The molecule has 1 aliphatic carbocycles. The van der Waals surface area contributed by atoms with E-state index in [1.54, 1.807) is 4.57 Å². The van der Waals surface area contributed by atoms with E-state index in [0.29, 0.717) is 0 Å². The van der Waals surface area contributed by atoms with Crippen molar-refractivity contribution in [3.63, 3.8) is 0 Å². The molecule has 0 saturated heterocycles. The summed E-state index contributed by atoms with van der Waals surface area (Å²) in [5, 5.41) is 17.9. The summed E-state index contributed by atoms with van der Waals surface area (Å²) in [6.45, 7) is 0. The van der Waals surface area contributed by atoms with Crippen molar-refractivity contribution in [1.29, 1.82) is 0 Å². The lowest BCUT2D eigenvalue weighted by atomic mass is 10.1. The van der Waals surface area contributed by atoms with Gasteiger partial charge in [0.25, 0.3) is 0 Å². The van der Waals surface area contributed by atoms with E-state index in [0.717, 1.165) is 12.8 Å². The first-order chi connectivity index (χ1) is 7.11. The number of carbonyl (C=O) groups is 1. The van der Waals surface area contributed by atoms with Crippen molar-refractivity contribution in [1.82, 2.24) is 9.55 Å². The first kappa shape index (κ1) is 10.1. The van der Waals surface area contributed by atoms with Crippen molar-refractivity contribution in [2.24, 2.45) is 0 Å². The van der Waals surface area contributed by atoms with Crippen molar-refractivity contribution in [2.45, 2.75) is 31.2 Å². The minimum absolute atomic E-state index is 0.229. The number of carboxylic acid groups (broad SMARTS) is 1. The summed E-state index contributed by atoms with van der Waals surface area (Å²) in [6, 6.07) is 0.234. The van der Waals surface area contributed by atoms with E-state index in [9.17, 15) is 14.3 Å². The van der Waals surface area contributed by atoms with Gasteiger partial charge in [-0.05, 0) is 12.8 Å². The number of imidazole rings is 1. The highest BCUT2D eigenvalue weighted by molar-refractivity contribution is 5.73. The molecule has 5 nitrogen and oxygen atoms in total. The molecule has 0 aromatic carbocycles. The maximum Gasteiger partial charge on any atom is 0.341 e. The molecule has 0 aliphatic heterocycles. The highest BCUT2D eigenvalue weighted by Gasteiger charge is 2.33. The number of hydrogen-bond acceptors (Lipinski definition) is 3. The Hall–Kier alpha value is -1.43. The van der Waals surface area contributed by atoms with Gasteiger partial charge in [-0.3, -0.25) is 0 Å². The number of nitrogens with zero attached hydrogens (tertiary/aromatic N) is 2. The van der Waals surface area contributed by atoms with Gasteiger partial charge in [-0.15, -0.1) is 0 Å². The molecule has 0 bridgehead atoms. The zero-order valence-corrected chi connectivity index (χ0v) is 7.88. The van der Waals surface area contributed by atoms with E-state index in [-0.39, 0.29) is 11.7 Å². The molecule has 1 aromatic heterocycles. The fourth-order valence-corrected chi connectivity index (χ4v) is 1.49. The van der Waals surface area contributed by atoms with Crippen LogP contribution in [0.25, 0.3) is 0 Å². The normalized spacial score (nSPS) is 19.9. The topological polar surface area (TPSA) is 75.3 Å². The Labute approximate surface area is 85.2 Å². The molecule has 2 rings (SSSR count). The Morgan fingerprint density at radius 1 is 1.67 bits per heavy atom. The molecule has 2 atom stereocenters. The van der Waals surface area contributed by atoms with Crippen LogP contribution in [0, 0.1) is 0 Å². The van der Waals surface area contributed by atoms with Crippen LogP contribution >= 0.6 is 0 Å². The van der Waals surface area contributed by atoms with Crippen LogP contribution in [-0.4, -0.2) is 31.9 Å². The van der Waals surface area contributed by atoms with Gasteiger partial charge in [0, 0.05) is 6.04 Å². The summed E-state index contributed by atoms with van der Waals surface area (Å²) in [4.78, 5) is 14.2. The van der Waals surface area contributed by atoms with Crippen LogP contribution in [0.4, 0.5) is 4.39 Å². The van der Waals surface area contributed by atoms with E-state index in [2.05, 4.69) is 4.98 Å². The summed E-state index contributed by atoms with van der Waals surface area (Å²) < 4.78 is 14.7. The third-order valence-corrected chi connectivity index (χ3v) is 2.45. The Morgan fingerprint density at radius 3 is 2.87 bits per heavy atom. The zero-order valence-electron chi connectivity index (χ0n) is 7.88. The lowest BCUT2D eigenvalue weighted by Gasteiger charge is -2.14. The van der Waals surface area contributed by atoms with E-state index in [4.69, 9.17) is 5.11 Å². The molecule has 15 heavy (non-hydrogen) atoms. The number of aliphatic hydroxyl groups excluding tert-OH is 1. The molecule has 6 heteroatoms. The van der Waals surface area contributed by atoms with Gasteiger partial charge < -0.3 is 14.8 Å². The summed E-state index contributed by atoms with van der Waals surface area (Å²) in [5.41, 5.74) is 0.229. The monoisotopic (exact) mass is 214 g/mol. The quantitative estimate of drug-likeness (QED) is 0.772. The van der Waals surface area contributed by atoms with Gasteiger partial charge >= 0.3 is 5.97 Å². The van der Waals surface area contributed by atoms with Crippen LogP contribution < -0.4 is 0 Å². The van der Waals surface area contributed by atoms with Crippen LogP contribution in [0.2, 0.25) is 0 Å². The van der Waals surface area contributed by atoms with Gasteiger partial charge in [0.1, 0.15) is 6.10 Å². The molecular weight excluding hydrogens is 203 g/mol. The predicted molar refractivity (Wildman–Crippen MR) is 48.0 cm³/mol. The average Bonchev–Trinajstić information content (AvgIpc) is 2.94. The first-order valence-electron chi connectivity index (χ1n) is 4.68. The molecule has 0 radical (unpaired) electrons. The van der Waals surface area contributed by atoms with Crippen molar-refractivity contribution >= 4 is 5.97 Å². The van der Waals surface area contributed by atoms with Crippen LogP contribution in [0.1, 0.15) is 30.7 Å². The Balaban J connectivity index is 2.20. The van der Waals surface area contributed by atoms with Crippen molar-refractivity contribution in [3.05, 3.63) is 18.2 Å². The number of hydrogen-bond donors (Lipinski definition) is 2. The van der Waals surface area contributed by atoms with Gasteiger partial charge in [0.05, 0.1) is 18.2 Å². The number of aromatic nitrogens is 2. The predicted octanol–water partition coefficient (Wildman–Crippen LogP) is 0.674. The number of alkyl halides is 1. The fraction of sp³-hybridized carbons (Fsp3) is 0.556. The summed E-state index contributed by atoms with van der Waals surface area (Å²) in [5.74, 6) is -1.66. The van der Waals surface area contributed by atoms with Gasteiger partial charge in [0.2, 0.25) is 6.17 Å². The van der Waals surface area contributed by atoms with Crippen molar-refractivity contribution in [3.8, 4) is 0 Å². The molecule has 2 unspecified atom stereocenters. The smallest absolute Gasteiger partial charge is 0.341 e. The van der Waals surface area contributed by atoms with Crippen molar-refractivity contribution in [2.75, 3.05) is 0 Å². The largest absolute Gasteiger partial charge is 0.479 e. The Morgan fingerprint density at radius 2 is 2.33 bits per heavy atom. The summed E-state index contributed by atoms with van der Waals surface area (Å²) >= 11 is 0. The van der Waals surface area contributed by atoms with Crippen LogP contribution in [-0.2, 0) is 4.79 Å². The molecule has 1 saturated carbocycles. The Kier molecular flexibility index (Phi) is 2.44. The van der Waals surface area contributed by atoms with E-state index >= 15 is 0 Å². The molecule has 2 N–H and O–H groups in total.